The Kier molecular flexibility index (Phi) is 15.8. The first-order chi connectivity index (χ1) is 17.5. The molecule has 0 bridgehead atoms. The minimum absolute atomic E-state index is 0.0408. The van der Waals surface area contributed by atoms with Gasteiger partial charge in [0, 0.05) is 12.6 Å². The molecule has 0 saturated carbocycles. The van der Waals surface area contributed by atoms with Crippen molar-refractivity contribution in [3.63, 3.8) is 0 Å². The normalized spacial score (nSPS) is 11.1. The lowest BCUT2D eigenvalue weighted by atomic mass is 10.0. The molecule has 0 aliphatic heterocycles. The summed E-state index contributed by atoms with van der Waals surface area (Å²) in [6, 6.07) is 2.37. The fourth-order valence-electron chi connectivity index (χ4n) is 3.84. The number of aromatic nitrogens is 2. The molecule has 1 aromatic heterocycles. The van der Waals surface area contributed by atoms with Crippen molar-refractivity contribution in [3.05, 3.63) is 12.1 Å². The minimum Gasteiger partial charge on any atom is -0.507 e. The fourth-order valence-corrected chi connectivity index (χ4v) is 6.28. The van der Waals surface area contributed by atoms with Gasteiger partial charge in [0.2, 0.25) is 0 Å². The number of benzene rings is 1. The number of amides is 2. The number of nitrogens with one attached hydrogen (secondary N) is 2. The topological polar surface area (TPSA) is 107 Å². The largest absolute Gasteiger partial charge is 0.507 e. The molecule has 202 valence electrons. The van der Waals surface area contributed by atoms with Crippen LogP contribution < -0.4 is 10.6 Å². The van der Waals surface area contributed by atoms with Gasteiger partial charge in [-0.15, -0.1) is 10.2 Å². The molecule has 0 unspecified atom stereocenters. The molecule has 36 heavy (non-hydrogen) atoms. The molecule has 0 fully saturated rings. The summed E-state index contributed by atoms with van der Waals surface area (Å²) in [7, 11) is 0. The molecule has 2 aromatic rings. The Bertz CT molecular complexity index is 895. The molecule has 7 nitrogen and oxygen atoms in total. The highest BCUT2D eigenvalue weighted by Crippen LogP contribution is 2.41. The maximum atomic E-state index is 12.2. The number of phenolic OH excluding ortho intramolecular Hbond substituents is 2. The Morgan fingerprint density at radius 3 is 1.94 bits per heavy atom. The van der Waals surface area contributed by atoms with E-state index in [9.17, 15) is 15.0 Å². The number of aromatic hydroxyl groups is 2. The lowest BCUT2D eigenvalue weighted by Gasteiger charge is -2.11. The van der Waals surface area contributed by atoms with E-state index in [1.807, 2.05) is 6.26 Å². The van der Waals surface area contributed by atoms with Crippen molar-refractivity contribution in [1.29, 1.82) is 0 Å². The number of thioether (sulfide) groups is 1. The number of phenols is 2. The van der Waals surface area contributed by atoms with Crippen molar-refractivity contribution in [2.24, 2.45) is 0 Å². The van der Waals surface area contributed by atoms with E-state index in [-0.39, 0.29) is 17.2 Å². The molecule has 2 rings (SSSR count). The van der Waals surface area contributed by atoms with E-state index in [0.717, 1.165) is 17.2 Å². The van der Waals surface area contributed by atoms with E-state index in [0.29, 0.717) is 15.8 Å². The van der Waals surface area contributed by atoms with Crippen LogP contribution in [0.2, 0.25) is 0 Å². The van der Waals surface area contributed by atoms with Crippen molar-refractivity contribution in [1.82, 2.24) is 15.5 Å². The number of unbranched alkanes of at least 4 members (excludes halogenated alkanes) is 13. The summed E-state index contributed by atoms with van der Waals surface area (Å²) in [4.78, 5) is 12.6. The highest BCUT2D eigenvalue weighted by Gasteiger charge is 2.14. The summed E-state index contributed by atoms with van der Waals surface area (Å²) in [5, 5.41) is 34.1. The quantitative estimate of drug-likeness (QED) is 0.0597. The van der Waals surface area contributed by atoms with E-state index < -0.39 is 6.03 Å². The van der Waals surface area contributed by atoms with Gasteiger partial charge in [0.15, 0.2) is 8.68 Å². The SMILES string of the molecule is CCCCCCCCCCCCCCCCNC(=O)Nc1cc(O)c(Sc2nnc(SC)s2)cc1O. The zero-order chi connectivity index (χ0) is 26.0. The number of urea groups is 1. The van der Waals surface area contributed by atoms with Crippen molar-refractivity contribution in [2.75, 3.05) is 18.1 Å². The number of hydrogen-bond acceptors (Lipinski definition) is 8. The average Bonchev–Trinajstić information content (AvgIpc) is 3.32. The molecule has 10 heteroatoms. The molecular weight excluding hydrogens is 513 g/mol. The summed E-state index contributed by atoms with van der Waals surface area (Å²) in [6.07, 6.45) is 20.1. The van der Waals surface area contributed by atoms with Crippen LogP contribution in [-0.2, 0) is 0 Å². The van der Waals surface area contributed by atoms with Crippen LogP contribution in [0.25, 0.3) is 0 Å². The van der Waals surface area contributed by atoms with Crippen LogP contribution >= 0.6 is 34.9 Å². The molecule has 0 radical (unpaired) electrons. The number of carbonyl (C=O) groups excluding carboxylic acids is 1. The first-order valence-corrected chi connectivity index (χ1v) is 16.1. The van der Waals surface area contributed by atoms with Gasteiger partial charge in [-0.1, -0.05) is 125 Å². The summed E-state index contributed by atoms with van der Waals surface area (Å²) >= 11 is 4.13. The Balaban J connectivity index is 1.53. The lowest BCUT2D eigenvalue weighted by Crippen LogP contribution is -2.29. The molecule has 1 heterocycles. The number of rotatable bonds is 19. The van der Waals surface area contributed by atoms with Crippen LogP contribution in [0.1, 0.15) is 96.8 Å². The number of anilines is 1. The lowest BCUT2D eigenvalue weighted by molar-refractivity contribution is 0.251. The Hall–Kier alpha value is -1.65. The Labute approximate surface area is 228 Å². The molecular formula is C26H42N4O3S3. The molecule has 0 saturated heterocycles. The van der Waals surface area contributed by atoms with Crippen LogP contribution in [-0.4, -0.2) is 39.2 Å². The van der Waals surface area contributed by atoms with Crippen molar-refractivity contribution >= 4 is 46.6 Å². The Morgan fingerprint density at radius 2 is 1.39 bits per heavy atom. The van der Waals surface area contributed by atoms with Crippen LogP contribution in [0.15, 0.2) is 25.7 Å². The third-order valence-corrected chi connectivity index (χ3v) is 8.90. The van der Waals surface area contributed by atoms with E-state index in [1.165, 1.54) is 124 Å². The van der Waals surface area contributed by atoms with Crippen molar-refractivity contribution in [3.8, 4) is 11.5 Å². The summed E-state index contributed by atoms with van der Waals surface area (Å²) in [6.45, 7) is 2.84. The summed E-state index contributed by atoms with van der Waals surface area (Å²) in [5.74, 6) is -0.155. The zero-order valence-corrected chi connectivity index (χ0v) is 24.1. The third-order valence-electron chi connectivity index (χ3n) is 5.90. The van der Waals surface area contributed by atoms with Gasteiger partial charge in [0.25, 0.3) is 0 Å². The smallest absolute Gasteiger partial charge is 0.319 e. The van der Waals surface area contributed by atoms with Crippen LogP contribution in [0.4, 0.5) is 10.5 Å². The first-order valence-electron chi connectivity index (χ1n) is 13.2. The number of carbonyl (C=O) groups is 1. The standard InChI is InChI=1S/C26H42N4O3S3/c1-3-4-5-6-7-8-9-10-11-12-13-14-15-16-17-27-24(33)28-20-18-22(32)23(19-21(20)31)35-26-30-29-25(34-2)36-26/h18-19,31-32H,3-17H2,1-2H3,(H2,27,28,33). The van der Waals surface area contributed by atoms with E-state index in [4.69, 9.17) is 0 Å². The van der Waals surface area contributed by atoms with Gasteiger partial charge < -0.3 is 20.8 Å². The molecule has 0 aliphatic carbocycles. The maximum absolute atomic E-state index is 12.2. The predicted octanol–water partition coefficient (Wildman–Crippen LogP) is 8.43. The predicted molar refractivity (Wildman–Crippen MR) is 153 cm³/mol. The van der Waals surface area contributed by atoms with Gasteiger partial charge in [-0.3, -0.25) is 0 Å². The number of hydrogen-bond donors (Lipinski definition) is 4. The van der Waals surface area contributed by atoms with Gasteiger partial charge >= 0.3 is 6.03 Å². The molecule has 0 spiro atoms. The van der Waals surface area contributed by atoms with E-state index >= 15 is 0 Å². The molecule has 2 amide bonds. The maximum Gasteiger partial charge on any atom is 0.319 e. The monoisotopic (exact) mass is 554 g/mol. The zero-order valence-electron chi connectivity index (χ0n) is 21.7. The average molecular weight is 555 g/mol. The van der Waals surface area contributed by atoms with E-state index in [1.54, 1.807) is 0 Å². The molecule has 0 aliphatic rings. The first kappa shape index (κ1) is 30.6. The van der Waals surface area contributed by atoms with Crippen LogP contribution in [0.5, 0.6) is 11.5 Å². The summed E-state index contributed by atoms with van der Waals surface area (Å²) in [5.41, 5.74) is 0.164. The van der Waals surface area contributed by atoms with Gasteiger partial charge in [-0.2, -0.15) is 0 Å². The fraction of sp³-hybridized carbons (Fsp3) is 0.654. The second-order valence-electron chi connectivity index (χ2n) is 8.95. The van der Waals surface area contributed by atoms with E-state index in [2.05, 4.69) is 27.8 Å². The molecule has 4 N–H and O–H groups in total. The van der Waals surface area contributed by atoms with Crippen molar-refractivity contribution < 1.29 is 15.0 Å². The molecule has 0 atom stereocenters. The Morgan fingerprint density at radius 1 is 0.833 bits per heavy atom. The third kappa shape index (κ3) is 12.5. The minimum atomic E-state index is -0.395. The summed E-state index contributed by atoms with van der Waals surface area (Å²) < 4.78 is 1.50. The second kappa shape index (κ2) is 18.6. The highest BCUT2D eigenvalue weighted by atomic mass is 32.2. The van der Waals surface area contributed by atoms with Gasteiger partial charge in [0.05, 0.1) is 10.6 Å². The highest BCUT2D eigenvalue weighted by molar-refractivity contribution is 8.03. The van der Waals surface area contributed by atoms with Crippen LogP contribution in [0.3, 0.4) is 0 Å². The van der Waals surface area contributed by atoms with Gasteiger partial charge in [-0.05, 0) is 18.7 Å². The van der Waals surface area contributed by atoms with Crippen molar-refractivity contribution in [2.45, 2.75) is 110 Å². The number of nitrogens with zero attached hydrogens (tertiary/aromatic N) is 2. The molecule has 1 aromatic carbocycles. The van der Waals surface area contributed by atoms with Gasteiger partial charge in [-0.25, -0.2) is 4.79 Å². The van der Waals surface area contributed by atoms with Crippen LogP contribution in [0, 0.1) is 0 Å². The second-order valence-corrected chi connectivity index (χ2v) is 12.3. The van der Waals surface area contributed by atoms with Gasteiger partial charge in [0.1, 0.15) is 11.5 Å².